The number of nitrogens with zero attached hydrogens (tertiary/aromatic N) is 1. The van der Waals surface area contributed by atoms with Crippen molar-refractivity contribution < 1.29 is 14.3 Å². The fourth-order valence-electron chi connectivity index (χ4n) is 11.6. The number of likely N-dealkylation sites (tertiary alicyclic amines) is 1. The SMILES string of the molecule is CC(C)(C)C1CCC(Oc2ccc3cc(C=O)ccc3c2)CC1.CC(C)(C)C1CCC(Oc2ccc3cc(CN4CCC(c5ccccc5)CC4)ccc3c2)CC1.c1ccc(C2CCNCC2)cc1. The predicted molar refractivity (Wildman–Crippen MR) is 290 cm³/mol. The van der Waals surface area contributed by atoms with Crippen LogP contribution in [0.4, 0.5) is 0 Å². The standard InChI is InChI=1S/C32H41NO.C21H26O2.C11H15N/c1-32(2,3)29-12-15-30(16-13-29)34-31-14-11-27-21-24(9-10-28(27)22-31)23-33-19-17-26(18-20-33)25-7-5-4-6-8-25;1-21(2,3)18-7-10-19(11-8-18)23-20-9-6-16-12-15(14-22)4-5-17(16)13-20;1-2-4-10(5-3-1)11-6-8-12-9-7-11/h4-11,14,21-22,26,29-30H,12-13,15-20,23H2,1-3H3;4-6,9,12-14,18-19H,7-8,10-11H2,1-3H3;1-5,11-12H,6-9H2. The average molecular weight is 927 g/mol. The van der Waals surface area contributed by atoms with Crippen LogP contribution in [0.25, 0.3) is 21.5 Å². The first-order chi connectivity index (χ1) is 33.4. The van der Waals surface area contributed by atoms with E-state index < -0.39 is 0 Å². The molecule has 1 N–H and O–H groups in total. The molecular weight excluding hydrogens is 845 g/mol. The molecule has 2 heterocycles. The summed E-state index contributed by atoms with van der Waals surface area (Å²) in [7, 11) is 0. The van der Waals surface area contributed by atoms with Gasteiger partial charge in [0.1, 0.15) is 17.8 Å². The van der Waals surface area contributed by atoms with Crippen molar-refractivity contribution in [3.8, 4) is 11.5 Å². The highest BCUT2D eigenvalue weighted by Gasteiger charge is 2.32. The van der Waals surface area contributed by atoms with Gasteiger partial charge in [0.15, 0.2) is 0 Å². The van der Waals surface area contributed by atoms with Gasteiger partial charge in [-0.25, -0.2) is 0 Å². The molecular formula is C64H82N2O3. The molecule has 69 heavy (non-hydrogen) atoms. The lowest BCUT2D eigenvalue weighted by Crippen LogP contribution is -2.32. The lowest BCUT2D eigenvalue weighted by molar-refractivity contribution is 0.0881. The van der Waals surface area contributed by atoms with Gasteiger partial charge < -0.3 is 14.8 Å². The van der Waals surface area contributed by atoms with E-state index in [2.05, 4.69) is 155 Å². The first-order valence-corrected chi connectivity index (χ1v) is 26.7. The first kappa shape index (κ1) is 50.4. The second-order valence-corrected chi connectivity index (χ2v) is 23.0. The Morgan fingerprint density at radius 2 is 0.928 bits per heavy atom. The maximum Gasteiger partial charge on any atom is 0.150 e. The van der Waals surface area contributed by atoms with Crippen LogP contribution in [0.2, 0.25) is 0 Å². The van der Waals surface area contributed by atoms with Gasteiger partial charge in [0.05, 0.1) is 12.2 Å². The van der Waals surface area contributed by atoms with Crippen molar-refractivity contribution in [2.45, 2.75) is 149 Å². The van der Waals surface area contributed by atoms with E-state index in [1.165, 1.54) is 118 Å². The summed E-state index contributed by atoms with van der Waals surface area (Å²) in [6.45, 7) is 19.9. The Morgan fingerprint density at radius 3 is 1.41 bits per heavy atom. The minimum absolute atomic E-state index is 0.334. The van der Waals surface area contributed by atoms with Crippen LogP contribution >= 0.6 is 0 Å². The number of nitrogens with one attached hydrogen (secondary N) is 1. The molecule has 4 fully saturated rings. The minimum Gasteiger partial charge on any atom is -0.490 e. The van der Waals surface area contributed by atoms with Crippen LogP contribution in [0.3, 0.4) is 0 Å². The number of carbonyl (C=O) groups excluding carboxylic acids is 1. The zero-order valence-corrected chi connectivity index (χ0v) is 42.9. The number of fused-ring (bicyclic) bond motifs is 2. The molecule has 6 aromatic carbocycles. The molecule has 4 aliphatic rings. The Hall–Kier alpha value is -4.97. The summed E-state index contributed by atoms with van der Waals surface area (Å²) in [5.41, 5.74) is 5.98. The number of hydrogen-bond donors (Lipinski definition) is 1. The van der Waals surface area contributed by atoms with Crippen molar-refractivity contribution in [1.29, 1.82) is 0 Å². The van der Waals surface area contributed by atoms with Gasteiger partial charge in [0.2, 0.25) is 0 Å². The summed E-state index contributed by atoms with van der Waals surface area (Å²) in [4.78, 5) is 13.5. The van der Waals surface area contributed by atoms with Gasteiger partial charge in [-0.1, -0.05) is 139 Å². The molecule has 0 spiro atoms. The van der Waals surface area contributed by atoms with E-state index in [1.807, 2.05) is 30.3 Å². The third kappa shape index (κ3) is 14.5. The van der Waals surface area contributed by atoms with Crippen molar-refractivity contribution in [3.63, 3.8) is 0 Å². The highest BCUT2D eigenvalue weighted by atomic mass is 16.5. The lowest BCUT2D eigenvalue weighted by atomic mass is 9.72. The van der Waals surface area contributed by atoms with Gasteiger partial charge >= 0.3 is 0 Å². The van der Waals surface area contributed by atoms with Gasteiger partial charge in [-0.15, -0.1) is 0 Å². The number of carbonyl (C=O) groups is 1. The number of ether oxygens (including phenoxy) is 2. The fraction of sp³-hybridized carbons (Fsp3) is 0.484. The van der Waals surface area contributed by atoms with Crippen LogP contribution in [0.5, 0.6) is 11.5 Å². The third-order valence-electron chi connectivity index (χ3n) is 16.1. The van der Waals surface area contributed by atoms with Gasteiger partial charge in [-0.3, -0.25) is 9.69 Å². The molecule has 2 aliphatic carbocycles. The normalized spacial score (nSPS) is 21.9. The van der Waals surface area contributed by atoms with Gasteiger partial charge in [0.25, 0.3) is 0 Å². The molecule has 0 radical (unpaired) electrons. The largest absolute Gasteiger partial charge is 0.490 e. The third-order valence-corrected chi connectivity index (χ3v) is 16.1. The highest BCUT2D eigenvalue weighted by Crippen LogP contribution is 2.41. The molecule has 366 valence electrons. The Kier molecular flexibility index (Phi) is 17.4. The van der Waals surface area contributed by atoms with Crippen molar-refractivity contribution in [2.24, 2.45) is 22.7 Å². The van der Waals surface area contributed by atoms with E-state index in [1.54, 1.807) is 0 Å². The number of aldehydes is 1. The topological polar surface area (TPSA) is 50.8 Å². The average Bonchev–Trinajstić information content (AvgIpc) is 3.37. The van der Waals surface area contributed by atoms with Crippen LogP contribution in [-0.2, 0) is 6.54 Å². The van der Waals surface area contributed by atoms with Crippen LogP contribution < -0.4 is 14.8 Å². The Balaban J connectivity index is 0.000000157. The molecule has 2 saturated carbocycles. The zero-order valence-electron chi connectivity index (χ0n) is 42.9. The van der Waals surface area contributed by atoms with E-state index in [0.717, 1.165) is 71.6 Å². The maximum atomic E-state index is 10.9. The highest BCUT2D eigenvalue weighted by molar-refractivity contribution is 5.89. The second kappa shape index (κ2) is 23.8. The van der Waals surface area contributed by atoms with Gasteiger partial charge in [-0.2, -0.15) is 0 Å². The molecule has 2 aliphatic heterocycles. The van der Waals surface area contributed by atoms with E-state index in [9.17, 15) is 4.79 Å². The monoisotopic (exact) mass is 927 g/mol. The molecule has 10 rings (SSSR count). The smallest absolute Gasteiger partial charge is 0.150 e. The van der Waals surface area contributed by atoms with E-state index in [0.29, 0.717) is 28.6 Å². The van der Waals surface area contributed by atoms with Crippen LogP contribution in [-0.4, -0.2) is 49.6 Å². The Bertz CT molecular complexity index is 2490. The zero-order chi connectivity index (χ0) is 48.2. The summed E-state index contributed by atoms with van der Waals surface area (Å²) in [5.74, 6) is 5.12. The quantitative estimate of drug-likeness (QED) is 0.146. The van der Waals surface area contributed by atoms with Gasteiger partial charge in [-0.05, 0) is 212 Å². The number of benzene rings is 6. The van der Waals surface area contributed by atoms with E-state index in [-0.39, 0.29) is 0 Å². The summed E-state index contributed by atoms with van der Waals surface area (Å²) in [6, 6.07) is 47.4. The number of piperidine rings is 2. The molecule has 0 atom stereocenters. The molecule has 6 aromatic rings. The van der Waals surface area contributed by atoms with E-state index in [4.69, 9.17) is 9.47 Å². The number of rotatable bonds is 9. The summed E-state index contributed by atoms with van der Waals surface area (Å²) in [5, 5.41) is 8.19. The second-order valence-electron chi connectivity index (χ2n) is 23.0. The predicted octanol–water partition coefficient (Wildman–Crippen LogP) is 16.0. The van der Waals surface area contributed by atoms with Crippen LogP contribution in [0, 0.1) is 22.7 Å². The van der Waals surface area contributed by atoms with Crippen molar-refractivity contribution in [3.05, 3.63) is 156 Å². The van der Waals surface area contributed by atoms with Crippen molar-refractivity contribution >= 4 is 27.8 Å². The molecule has 5 nitrogen and oxygen atoms in total. The van der Waals surface area contributed by atoms with Gasteiger partial charge in [0, 0.05) is 12.1 Å². The van der Waals surface area contributed by atoms with Crippen molar-refractivity contribution in [2.75, 3.05) is 26.2 Å². The molecule has 2 saturated heterocycles. The first-order valence-electron chi connectivity index (χ1n) is 26.7. The summed E-state index contributed by atoms with van der Waals surface area (Å²) < 4.78 is 12.6. The summed E-state index contributed by atoms with van der Waals surface area (Å²) in [6.07, 6.45) is 16.4. The fourth-order valence-corrected chi connectivity index (χ4v) is 11.6. The molecule has 0 aromatic heterocycles. The van der Waals surface area contributed by atoms with Crippen LogP contribution in [0.15, 0.2) is 133 Å². The molecule has 0 unspecified atom stereocenters. The Morgan fingerprint density at radius 1 is 0.493 bits per heavy atom. The number of hydrogen-bond acceptors (Lipinski definition) is 5. The molecule has 5 heteroatoms. The minimum atomic E-state index is 0.334. The Labute approximate surface area is 415 Å². The van der Waals surface area contributed by atoms with E-state index >= 15 is 0 Å². The summed E-state index contributed by atoms with van der Waals surface area (Å²) >= 11 is 0. The van der Waals surface area contributed by atoms with Crippen molar-refractivity contribution in [1.82, 2.24) is 10.2 Å². The molecule has 0 amide bonds. The van der Waals surface area contributed by atoms with Crippen LogP contribution in [0.1, 0.15) is 157 Å². The lowest BCUT2D eigenvalue weighted by Gasteiger charge is -2.37. The maximum absolute atomic E-state index is 10.9. The molecule has 0 bridgehead atoms.